The van der Waals surface area contributed by atoms with Crippen LogP contribution in [0, 0.1) is 0 Å². The number of ether oxygens (including phenoxy) is 11. The van der Waals surface area contributed by atoms with Crippen molar-refractivity contribution in [3.63, 3.8) is 0 Å². The van der Waals surface area contributed by atoms with Gasteiger partial charge in [0.1, 0.15) is 146 Å². The molecule has 0 bridgehead atoms. The number of hydrogen-bond donors (Lipinski definition) is 20. The number of rotatable bonds is 19. The molecule has 1 unspecified atom stereocenters. The molecule has 6 saturated heterocycles. The van der Waals surface area contributed by atoms with Crippen molar-refractivity contribution in [1.82, 2.24) is 16.0 Å². The van der Waals surface area contributed by atoms with Crippen molar-refractivity contribution < 1.29 is 153 Å². The second-order valence-electron chi connectivity index (χ2n) is 19.0. The van der Waals surface area contributed by atoms with E-state index >= 15 is 0 Å². The molecular formula is C42H71N3O31. The second-order valence-corrected chi connectivity index (χ2v) is 19.0. The molecule has 0 aromatic heterocycles. The number of aliphatic hydroxyl groups is 17. The minimum Gasteiger partial charge on any atom is -0.394 e. The number of carbonyl (C=O) groups excluding carboxylic acids is 3. The van der Waals surface area contributed by atoms with Gasteiger partial charge >= 0.3 is 0 Å². The Morgan fingerprint density at radius 2 is 0.684 bits per heavy atom. The van der Waals surface area contributed by atoms with Gasteiger partial charge in [0.2, 0.25) is 17.7 Å². The maximum atomic E-state index is 12.6. The molecule has 6 rings (SSSR count). The molecule has 6 heterocycles. The van der Waals surface area contributed by atoms with Crippen LogP contribution in [0.4, 0.5) is 0 Å². The highest BCUT2D eigenvalue weighted by molar-refractivity contribution is 5.74. The van der Waals surface area contributed by atoms with Crippen LogP contribution in [-0.2, 0) is 66.5 Å². The lowest BCUT2D eigenvalue weighted by Crippen LogP contribution is -2.70. The van der Waals surface area contributed by atoms with Crippen LogP contribution in [-0.4, -0.2) is 328 Å². The second kappa shape index (κ2) is 27.2. The van der Waals surface area contributed by atoms with Gasteiger partial charge in [0.15, 0.2) is 37.7 Å². The predicted molar refractivity (Wildman–Crippen MR) is 234 cm³/mol. The van der Waals surface area contributed by atoms with Crippen molar-refractivity contribution >= 4 is 17.7 Å². The summed E-state index contributed by atoms with van der Waals surface area (Å²) in [5, 5.41) is 189. The zero-order chi connectivity index (χ0) is 56.2. The molecule has 0 spiro atoms. The highest BCUT2D eigenvalue weighted by Gasteiger charge is 2.57. The lowest BCUT2D eigenvalue weighted by atomic mass is 9.94. The Hall–Kier alpha value is -2.71. The maximum absolute atomic E-state index is 12.6. The quantitative estimate of drug-likeness (QED) is 0.0571. The summed E-state index contributed by atoms with van der Waals surface area (Å²) in [7, 11) is 0. The molecular weight excluding hydrogens is 1040 g/mol. The van der Waals surface area contributed by atoms with E-state index in [9.17, 15) is 101 Å². The van der Waals surface area contributed by atoms with Gasteiger partial charge in [-0.2, -0.15) is 0 Å². The minimum atomic E-state index is -2.19. The zero-order valence-corrected chi connectivity index (χ0v) is 40.9. The maximum Gasteiger partial charge on any atom is 0.217 e. The standard InChI is InChI=1S/C42H71N3O31/c1-10(51)43-19-26(58)33(16(7-49)71-38(19)66-9-18-25(57)35(21(37(65)67-18)45-12(3)53)75-41-31(63)29(61)23(55)14(5-47)69-41)74-42-32(64)36(24(56)15(6-48)70-42)76-39-20(44-11(2)52)27(59)34(17(8-50)72-39)73-40-30(62)28(60)22(54)13(4-46)68-40/h13-42,46-50,54-65H,4-9H2,1-3H3,(H,43,51)(H,44,52)(H,45,53)/t13-,14-,15-,16-,17-,18-,19-,20-,21-,22+,23+,24+,25+,26-,27-,28+,29+,30-,31-,32-,33-,34-,35-,36+,37?,38-,39+,40+,41+,42+/m1/s1. The van der Waals surface area contributed by atoms with Crippen molar-refractivity contribution in [2.24, 2.45) is 0 Å². The van der Waals surface area contributed by atoms with Crippen molar-refractivity contribution in [2.45, 2.75) is 205 Å². The van der Waals surface area contributed by atoms with Crippen LogP contribution in [0.3, 0.4) is 0 Å². The lowest BCUT2D eigenvalue weighted by molar-refractivity contribution is -0.378. The third-order valence-corrected chi connectivity index (χ3v) is 13.6. The van der Waals surface area contributed by atoms with Crippen molar-refractivity contribution in [2.75, 3.05) is 39.6 Å². The lowest BCUT2D eigenvalue weighted by Gasteiger charge is -2.50. The van der Waals surface area contributed by atoms with Gasteiger partial charge in [0, 0.05) is 20.8 Å². The van der Waals surface area contributed by atoms with Crippen molar-refractivity contribution in [3.05, 3.63) is 0 Å². The van der Waals surface area contributed by atoms with E-state index in [0.29, 0.717) is 0 Å². The fourth-order valence-corrected chi connectivity index (χ4v) is 9.62. The number of carbonyl (C=O) groups is 3. The van der Waals surface area contributed by atoms with E-state index in [1.165, 1.54) is 0 Å². The van der Waals surface area contributed by atoms with Crippen LogP contribution < -0.4 is 16.0 Å². The molecule has 34 nitrogen and oxygen atoms in total. The molecule has 440 valence electrons. The number of aliphatic hydroxyl groups excluding tert-OH is 17. The Labute approximate surface area is 431 Å². The Balaban J connectivity index is 1.18. The molecule has 0 radical (unpaired) electrons. The molecule has 6 fully saturated rings. The summed E-state index contributed by atoms with van der Waals surface area (Å²) in [5.74, 6) is -2.39. The number of amides is 3. The fourth-order valence-electron chi connectivity index (χ4n) is 9.62. The summed E-state index contributed by atoms with van der Waals surface area (Å²) in [6.45, 7) is -2.45. The van der Waals surface area contributed by atoms with Crippen LogP contribution in [0.1, 0.15) is 20.8 Å². The molecule has 30 atom stereocenters. The Kier molecular flexibility index (Phi) is 22.3. The van der Waals surface area contributed by atoms with Gasteiger partial charge in [-0.1, -0.05) is 0 Å². The van der Waals surface area contributed by atoms with E-state index in [1.807, 2.05) is 0 Å². The monoisotopic (exact) mass is 1110 g/mol. The third kappa shape index (κ3) is 13.7. The Morgan fingerprint density at radius 3 is 1.12 bits per heavy atom. The molecule has 3 amide bonds. The first-order valence-electron chi connectivity index (χ1n) is 24.1. The van der Waals surface area contributed by atoms with Gasteiger partial charge in [0.05, 0.1) is 39.6 Å². The van der Waals surface area contributed by atoms with Crippen LogP contribution in [0.25, 0.3) is 0 Å². The average molecular weight is 1110 g/mol. The third-order valence-electron chi connectivity index (χ3n) is 13.6. The van der Waals surface area contributed by atoms with Gasteiger partial charge in [-0.05, 0) is 0 Å². The first-order chi connectivity index (χ1) is 35.9. The van der Waals surface area contributed by atoms with Crippen molar-refractivity contribution in [3.8, 4) is 0 Å². The molecule has 6 aliphatic heterocycles. The molecule has 34 heteroatoms. The Morgan fingerprint density at radius 1 is 0.342 bits per heavy atom. The van der Waals surface area contributed by atoms with Crippen LogP contribution in [0.2, 0.25) is 0 Å². The normalized spacial score (nSPS) is 48.2. The smallest absolute Gasteiger partial charge is 0.217 e. The van der Waals surface area contributed by atoms with Crippen LogP contribution >= 0.6 is 0 Å². The highest BCUT2D eigenvalue weighted by Crippen LogP contribution is 2.36. The molecule has 76 heavy (non-hydrogen) atoms. The average Bonchev–Trinajstić information content (AvgIpc) is 3.37. The molecule has 0 aromatic rings. The molecule has 0 aromatic carbocycles. The van der Waals surface area contributed by atoms with E-state index in [4.69, 9.17) is 52.1 Å². The largest absolute Gasteiger partial charge is 0.394 e. The summed E-state index contributed by atoms with van der Waals surface area (Å²) in [5.41, 5.74) is 0. The highest BCUT2D eigenvalue weighted by atomic mass is 16.8. The Bertz CT molecular complexity index is 1870. The molecule has 0 aliphatic carbocycles. The first-order valence-corrected chi connectivity index (χ1v) is 24.1. The van der Waals surface area contributed by atoms with Gasteiger partial charge < -0.3 is 155 Å². The fraction of sp³-hybridized carbons (Fsp3) is 0.929. The zero-order valence-electron chi connectivity index (χ0n) is 40.9. The van der Waals surface area contributed by atoms with E-state index in [0.717, 1.165) is 20.8 Å². The molecule has 0 saturated carbocycles. The first kappa shape index (κ1) is 62.5. The van der Waals surface area contributed by atoms with E-state index in [-0.39, 0.29) is 0 Å². The number of hydrogen-bond acceptors (Lipinski definition) is 31. The molecule has 20 N–H and O–H groups in total. The van der Waals surface area contributed by atoms with Crippen molar-refractivity contribution in [1.29, 1.82) is 0 Å². The number of nitrogens with one attached hydrogen (secondary N) is 3. The summed E-state index contributed by atoms with van der Waals surface area (Å²) in [4.78, 5) is 37.2. The summed E-state index contributed by atoms with van der Waals surface area (Å²) >= 11 is 0. The molecule has 6 aliphatic rings. The topological polar surface area (TPSA) is 533 Å². The van der Waals surface area contributed by atoms with Gasteiger partial charge in [0.25, 0.3) is 0 Å². The summed E-state index contributed by atoms with van der Waals surface area (Å²) in [6.07, 6.45) is -50.0. The van der Waals surface area contributed by atoms with E-state index in [2.05, 4.69) is 16.0 Å². The van der Waals surface area contributed by atoms with E-state index < -0.39 is 241 Å². The SMILES string of the molecule is CC(=O)N[C@H]1[C@H](O[C@H]2[C@@H](O)[C@@H](CO)O[C@@H](O[C@H]3[C@H](O)[C@@H](NC(C)=O)[C@H](OC[C@H]4OC(O)[C@H](NC(C)=O)[C@@H](O[C@@H]5O[C@H](CO)[C@H](O)[C@H](O)[C@H]5O)[C@H]4O)O[C@@H]3CO)[C@@H]2O)O[C@H](CO)[C@@H](O[C@@H]2O[C@H](CO)[C@H](O)[C@H](O)[C@H]2O)[C@@H]1O. The van der Waals surface area contributed by atoms with Crippen LogP contribution in [0.15, 0.2) is 0 Å². The minimum absolute atomic E-state index is 0.757. The van der Waals surface area contributed by atoms with Gasteiger partial charge in [-0.3, -0.25) is 14.4 Å². The summed E-state index contributed by atoms with van der Waals surface area (Å²) < 4.78 is 62.9. The van der Waals surface area contributed by atoms with Gasteiger partial charge in [-0.25, -0.2) is 0 Å². The summed E-state index contributed by atoms with van der Waals surface area (Å²) in [6, 6.07) is -5.00. The van der Waals surface area contributed by atoms with E-state index in [1.54, 1.807) is 0 Å². The van der Waals surface area contributed by atoms with Gasteiger partial charge in [-0.15, -0.1) is 0 Å². The van der Waals surface area contributed by atoms with Crippen LogP contribution in [0.5, 0.6) is 0 Å². The predicted octanol–water partition coefficient (Wildman–Crippen LogP) is -13.7.